The van der Waals surface area contributed by atoms with Gasteiger partial charge in [0.15, 0.2) is 0 Å². The molecule has 1 fully saturated rings. The predicted octanol–water partition coefficient (Wildman–Crippen LogP) is 3.86. The number of aryl methyl sites for hydroxylation is 1. The first kappa shape index (κ1) is 18.7. The molecule has 1 aliphatic heterocycles. The molecule has 1 unspecified atom stereocenters. The van der Waals surface area contributed by atoms with Gasteiger partial charge in [-0.15, -0.1) is 0 Å². The average Bonchev–Trinajstić information content (AvgIpc) is 2.68. The molecule has 1 atom stereocenters. The molecule has 1 heterocycles. The molecule has 2 aromatic rings. The molecule has 0 bridgehead atoms. The number of benzene rings is 2. The van der Waals surface area contributed by atoms with Crippen LogP contribution in [0.4, 0.5) is 5.69 Å². The standard InChI is InChI=1S/C23H24N2O2/c1-3-7-22(26)25-13-6-11-20(16-25)23(27)24-21-12-5-10-19(15-21)18-9-4-8-17(2)14-18/h4-5,8-10,12,14-15,20H,6,11,13,16H2,1-2H3,(H,24,27). The second-order valence-electron chi connectivity index (χ2n) is 6.90. The van der Waals surface area contributed by atoms with Crippen LogP contribution in [0.3, 0.4) is 0 Å². The number of carbonyl (C=O) groups excluding carboxylic acids is 2. The summed E-state index contributed by atoms with van der Waals surface area (Å²) in [4.78, 5) is 26.4. The number of nitrogens with zero attached hydrogens (tertiary/aromatic N) is 1. The minimum atomic E-state index is -0.205. The Kier molecular flexibility index (Phi) is 5.93. The van der Waals surface area contributed by atoms with E-state index in [0.29, 0.717) is 13.1 Å². The fraction of sp³-hybridized carbons (Fsp3) is 0.304. The molecular weight excluding hydrogens is 336 g/mol. The molecular formula is C23H24N2O2. The molecule has 2 aromatic carbocycles. The Morgan fingerprint density at radius 1 is 1.11 bits per heavy atom. The van der Waals surface area contributed by atoms with Crippen LogP contribution in [0.5, 0.6) is 0 Å². The Morgan fingerprint density at radius 2 is 1.85 bits per heavy atom. The summed E-state index contributed by atoms with van der Waals surface area (Å²) < 4.78 is 0. The van der Waals surface area contributed by atoms with Crippen LogP contribution in [0, 0.1) is 24.7 Å². The second kappa shape index (κ2) is 8.55. The van der Waals surface area contributed by atoms with E-state index in [2.05, 4.69) is 42.3 Å². The largest absolute Gasteiger partial charge is 0.331 e. The van der Waals surface area contributed by atoms with Gasteiger partial charge in [-0.2, -0.15) is 0 Å². The molecule has 2 amide bonds. The fourth-order valence-electron chi connectivity index (χ4n) is 3.41. The third-order valence-corrected chi connectivity index (χ3v) is 4.79. The van der Waals surface area contributed by atoms with Gasteiger partial charge in [-0.3, -0.25) is 9.59 Å². The SMILES string of the molecule is CC#CC(=O)N1CCCC(C(=O)Nc2cccc(-c3cccc(C)c3)c2)C1. The molecule has 3 rings (SSSR count). The van der Waals surface area contributed by atoms with Crippen molar-refractivity contribution in [2.75, 3.05) is 18.4 Å². The lowest BCUT2D eigenvalue weighted by Crippen LogP contribution is -2.43. The summed E-state index contributed by atoms with van der Waals surface area (Å²) in [6.45, 7) is 4.80. The summed E-state index contributed by atoms with van der Waals surface area (Å²) in [5.41, 5.74) is 4.16. The second-order valence-corrected chi connectivity index (χ2v) is 6.90. The Balaban J connectivity index is 1.69. The van der Waals surface area contributed by atoms with E-state index in [0.717, 1.165) is 29.7 Å². The van der Waals surface area contributed by atoms with Crippen molar-refractivity contribution in [1.82, 2.24) is 4.90 Å². The van der Waals surface area contributed by atoms with Crippen molar-refractivity contribution < 1.29 is 9.59 Å². The maximum absolute atomic E-state index is 12.7. The highest BCUT2D eigenvalue weighted by atomic mass is 16.2. The van der Waals surface area contributed by atoms with E-state index in [1.54, 1.807) is 11.8 Å². The lowest BCUT2D eigenvalue weighted by Gasteiger charge is -2.30. The molecule has 0 saturated carbocycles. The summed E-state index contributed by atoms with van der Waals surface area (Å²) in [5, 5.41) is 3.01. The third-order valence-electron chi connectivity index (χ3n) is 4.79. The number of piperidine rings is 1. The van der Waals surface area contributed by atoms with Gasteiger partial charge in [0.2, 0.25) is 5.91 Å². The highest BCUT2D eigenvalue weighted by Gasteiger charge is 2.27. The highest BCUT2D eigenvalue weighted by molar-refractivity contribution is 5.96. The molecule has 1 aliphatic rings. The minimum Gasteiger partial charge on any atom is -0.331 e. The number of likely N-dealkylation sites (tertiary alicyclic amines) is 1. The Labute approximate surface area is 160 Å². The van der Waals surface area contributed by atoms with E-state index in [1.165, 1.54) is 5.56 Å². The van der Waals surface area contributed by atoms with Crippen molar-refractivity contribution in [3.63, 3.8) is 0 Å². The number of anilines is 1. The molecule has 4 heteroatoms. The zero-order valence-corrected chi connectivity index (χ0v) is 15.8. The normalized spacial score (nSPS) is 16.2. The van der Waals surface area contributed by atoms with E-state index < -0.39 is 0 Å². The van der Waals surface area contributed by atoms with E-state index in [1.807, 2.05) is 30.3 Å². The van der Waals surface area contributed by atoms with E-state index in [9.17, 15) is 9.59 Å². The Hall–Kier alpha value is -3.06. The molecule has 0 radical (unpaired) electrons. The number of nitrogens with one attached hydrogen (secondary N) is 1. The highest BCUT2D eigenvalue weighted by Crippen LogP contribution is 2.25. The number of rotatable bonds is 3. The smallest absolute Gasteiger partial charge is 0.298 e. The van der Waals surface area contributed by atoms with Gasteiger partial charge in [0.1, 0.15) is 0 Å². The van der Waals surface area contributed by atoms with Crippen LogP contribution in [-0.2, 0) is 9.59 Å². The van der Waals surface area contributed by atoms with Gasteiger partial charge < -0.3 is 10.2 Å². The van der Waals surface area contributed by atoms with Crippen LogP contribution < -0.4 is 5.32 Å². The van der Waals surface area contributed by atoms with Crippen LogP contribution in [0.2, 0.25) is 0 Å². The van der Waals surface area contributed by atoms with E-state index in [4.69, 9.17) is 0 Å². The van der Waals surface area contributed by atoms with Crippen molar-refractivity contribution in [2.45, 2.75) is 26.7 Å². The number of hydrogen-bond donors (Lipinski definition) is 1. The van der Waals surface area contributed by atoms with Gasteiger partial charge >= 0.3 is 0 Å². The van der Waals surface area contributed by atoms with Gasteiger partial charge in [0.25, 0.3) is 5.91 Å². The third kappa shape index (κ3) is 4.77. The average molecular weight is 360 g/mol. The lowest BCUT2D eigenvalue weighted by molar-refractivity contribution is -0.129. The van der Waals surface area contributed by atoms with Crippen molar-refractivity contribution in [1.29, 1.82) is 0 Å². The van der Waals surface area contributed by atoms with Crippen LogP contribution in [0.25, 0.3) is 11.1 Å². The maximum Gasteiger partial charge on any atom is 0.298 e. The van der Waals surface area contributed by atoms with Crippen molar-refractivity contribution >= 4 is 17.5 Å². The van der Waals surface area contributed by atoms with Gasteiger partial charge in [-0.1, -0.05) is 47.9 Å². The van der Waals surface area contributed by atoms with Crippen LogP contribution in [0.15, 0.2) is 48.5 Å². The van der Waals surface area contributed by atoms with Crippen LogP contribution >= 0.6 is 0 Å². The van der Waals surface area contributed by atoms with E-state index >= 15 is 0 Å². The van der Waals surface area contributed by atoms with Crippen molar-refractivity contribution in [2.24, 2.45) is 5.92 Å². The molecule has 0 aromatic heterocycles. The van der Waals surface area contributed by atoms with Crippen LogP contribution in [-0.4, -0.2) is 29.8 Å². The first-order chi connectivity index (χ1) is 13.1. The predicted molar refractivity (Wildman–Crippen MR) is 108 cm³/mol. The summed E-state index contributed by atoms with van der Waals surface area (Å²) in [6, 6.07) is 16.1. The zero-order chi connectivity index (χ0) is 19.2. The van der Waals surface area contributed by atoms with Gasteiger partial charge in [0.05, 0.1) is 5.92 Å². The molecule has 0 spiro atoms. The first-order valence-corrected chi connectivity index (χ1v) is 9.26. The van der Waals surface area contributed by atoms with E-state index in [-0.39, 0.29) is 17.7 Å². The fourth-order valence-corrected chi connectivity index (χ4v) is 3.41. The molecule has 0 aliphatic carbocycles. The Morgan fingerprint density at radius 3 is 2.59 bits per heavy atom. The molecule has 138 valence electrons. The lowest BCUT2D eigenvalue weighted by atomic mass is 9.96. The summed E-state index contributed by atoms with van der Waals surface area (Å²) in [7, 11) is 0. The van der Waals surface area contributed by atoms with Crippen molar-refractivity contribution in [3.8, 4) is 23.0 Å². The first-order valence-electron chi connectivity index (χ1n) is 9.26. The minimum absolute atomic E-state index is 0.0432. The number of hydrogen-bond acceptors (Lipinski definition) is 2. The summed E-state index contributed by atoms with van der Waals surface area (Å²) >= 11 is 0. The molecule has 27 heavy (non-hydrogen) atoms. The van der Waals surface area contributed by atoms with Crippen LogP contribution in [0.1, 0.15) is 25.3 Å². The van der Waals surface area contributed by atoms with Gasteiger partial charge in [0, 0.05) is 18.8 Å². The van der Waals surface area contributed by atoms with Gasteiger partial charge in [-0.25, -0.2) is 0 Å². The number of carbonyl (C=O) groups is 2. The molecule has 1 saturated heterocycles. The monoisotopic (exact) mass is 360 g/mol. The summed E-state index contributed by atoms with van der Waals surface area (Å²) in [5.74, 6) is 4.75. The quantitative estimate of drug-likeness (QED) is 0.845. The Bertz CT molecular complexity index is 908. The maximum atomic E-state index is 12.7. The summed E-state index contributed by atoms with van der Waals surface area (Å²) in [6.07, 6.45) is 1.60. The topological polar surface area (TPSA) is 49.4 Å². The van der Waals surface area contributed by atoms with Gasteiger partial charge in [-0.05, 0) is 55.9 Å². The number of amides is 2. The van der Waals surface area contributed by atoms with Crippen molar-refractivity contribution in [3.05, 3.63) is 54.1 Å². The zero-order valence-electron chi connectivity index (χ0n) is 15.8. The molecule has 1 N–H and O–H groups in total. The molecule has 4 nitrogen and oxygen atoms in total.